The Morgan fingerprint density at radius 1 is 1.10 bits per heavy atom. The molecule has 4 aliphatic rings. The smallest absolute Gasteiger partial charge is 0.411 e. The summed E-state index contributed by atoms with van der Waals surface area (Å²) in [6.45, 7) is 2.99. The number of nitrogens with one attached hydrogen (secondary N) is 2. The molecule has 60 heavy (non-hydrogen) atoms. The third-order valence-electron chi connectivity index (χ3n) is 12.5. The van der Waals surface area contributed by atoms with Gasteiger partial charge < -0.3 is 29.5 Å². The molecular formula is C40H51F4N5O10S. The summed E-state index contributed by atoms with van der Waals surface area (Å²) >= 11 is 0. The molecule has 0 bridgehead atoms. The zero-order valence-electron chi connectivity index (χ0n) is 34.2. The lowest BCUT2D eigenvalue weighted by Gasteiger charge is -2.45. The van der Waals surface area contributed by atoms with Crippen molar-refractivity contribution in [3.05, 3.63) is 36.4 Å². The first-order valence-electron chi connectivity index (χ1n) is 19.7. The number of amides is 4. The molecule has 15 nitrogen and oxygen atoms in total. The van der Waals surface area contributed by atoms with Crippen molar-refractivity contribution in [2.45, 2.75) is 113 Å². The number of pyridine rings is 1. The van der Waals surface area contributed by atoms with E-state index in [4.69, 9.17) is 14.2 Å². The zero-order valence-corrected chi connectivity index (χ0v) is 35.0. The van der Waals surface area contributed by atoms with Gasteiger partial charge in [0.1, 0.15) is 46.4 Å². The van der Waals surface area contributed by atoms with Crippen molar-refractivity contribution in [2.75, 3.05) is 27.4 Å². The summed E-state index contributed by atoms with van der Waals surface area (Å²) in [6.07, 6.45) is -4.17. The van der Waals surface area contributed by atoms with Crippen LogP contribution in [0.15, 0.2) is 36.4 Å². The van der Waals surface area contributed by atoms with Gasteiger partial charge in [-0.2, -0.15) is 18.2 Å². The molecule has 6 rings (SSSR count). The number of halogens is 4. The Kier molecular flexibility index (Phi) is 12.1. The summed E-state index contributed by atoms with van der Waals surface area (Å²) < 4.78 is 102. The third-order valence-corrected chi connectivity index (χ3v) is 14.6. The molecule has 7 atom stereocenters. The number of hydrogen-bond acceptors (Lipinski definition) is 10. The van der Waals surface area contributed by atoms with Crippen LogP contribution in [0.1, 0.15) is 72.6 Å². The van der Waals surface area contributed by atoms with E-state index in [2.05, 4.69) is 10.3 Å². The average molecular weight is 870 g/mol. The molecule has 330 valence electrons. The number of hydrogen-bond donors (Lipinski definition) is 3. The fourth-order valence-corrected chi connectivity index (χ4v) is 9.82. The topological polar surface area (TPSA) is 194 Å². The van der Waals surface area contributed by atoms with E-state index in [0.29, 0.717) is 43.2 Å². The van der Waals surface area contributed by atoms with Crippen LogP contribution in [-0.4, -0.2) is 120 Å². The molecular weight excluding hydrogens is 819 g/mol. The quantitative estimate of drug-likeness (QED) is 0.212. The van der Waals surface area contributed by atoms with Gasteiger partial charge in [0.15, 0.2) is 0 Å². The van der Waals surface area contributed by atoms with Crippen LogP contribution in [0.2, 0.25) is 0 Å². The Morgan fingerprint density at radius 3 is 2.40 bits per heavy atom. The number of carbonyl (C=O) groups excluding carboxylic acids is 3. The second-order valence-electron chi connectivity index (χ2n) is 17.0. The predicted molar refractivity (Wildman–Crippen MR) is 208 cm³/mol. The van der Waals surface area contributed by atoms with Gasteiger partial charge in [-0.15, -0.1) is 0 Å². The van der Waals surface area contributed by atoms with E-state index < -0.39 is 99.1 Å². The second-order valence-corrected chi connectivity index (χ2v) is 19.1. The first kappa shape index (κ1) is 44.7. The van der Waals surface area contributed by atoms with Gasteiger partial charge in [0.25, 0.3) is 5.91 Å². The van der Waals surface area contributed by atoms with Gasteiger partial charge in [0, 0.05) is 23.8 Å². The van der Waals surface area contributed by atoms with Gasteiger partial charge in [-0.1, -0.05) is 26.0 Å². The second kappa shape index (κ2) is 16.2. The molecule has 3 heterocycles. The Balaban J connectivity index is 1.44. The summed E-state index contributed by atoms with van der Waals surface area (Å²) in [4.78, 5) is 62.0. The van der Waals surface area contributed by atoms with Crippen LogP contribution in [0.25, 0.3) is 10.8 Å². The maximum Gasteiger partial charge on any atom is 0.411 e. The van der Waals surface area contributed by atoms with Crippen molar-refractivity contribution in [2.24, 2.45) is 17.8 Å². The number of methoxy groups -OCH3 is 2. The number of ether oxygens (including phenoxy) is 3. The highest BCUT2D eigenvalue weighted by Gasteiger charge is 2.64. The van der Waals surface area contributed by atoms with Gasteiger partial charge in [-0.05, 0) is 87.8 Å². The summed E-state index contributed by atoms with van der Waals surface area (Å²) in [7, 11) is -1.66. The van der Waals surface area contributed by atoms with E-state index in [1.54, 1.807) is 36.4 Å². The molecule has 0 radical (unpaired) electrons. The lowest BCUT2D eigenvalue weighted by Crippen LogP contribution is -2.66. The minimum absolute atomic E-state index is 0.00338. The number of fused-ring (bicyclic) bond motifs is 3. The van der Waals surface area contributed by atoms with Gasteiger partial charge in [-0.3, -0.25) is 24.0 Å². The van der Waals surface area contributed by atoms with Crippen LogP contribution in [0, 0.1) is 17.8 Å². The molecule has 1 saturated heterocycles. The molecule has 0 unspecified atom stereocenters. The Labute approximate surface area is 345 Å². The van der Waals surface area contributed by atoms with Crippen LogP contribution >= 0.6 is 0 Å². The van der Waals surface area contributed by atoms with Gasteiger partial charge in [-0.25, -0.2) is 17.6 Å². The molecule has 2 aliphatic heterocycles. The molecule has 20 heteroatoms. The molecule has 2 aromatic rings. The summed E-state index contributed by atoms with van der Waals surface area (Å²) in [5.74, 6) is -4.46. The van der Waals surface area contributed by atoms with Crippen LogP contribution in [0.5, 0.6) is 17.5 Å². The average Bonchev–Trinajstić information content (AvgIpc) is 4.08. The molecule has 1 aromatic heterocycles. The number of rotatable bonds is 10. The monoisotopic (exact) mass is 869 g/mol. The van der Waals surface area contributed by atoms with E-state index in [1.165, 1.54) is 21.1 Å². The fourth-order valence-electron chi connectivity index (χ4n) is 8.40. The van der Waals surface area contributed by atoms with Crippen molar-refractivity contribution in [1.29, 1.82) is 0 Å². The third kappa shape index (κ3) is 8.27. The van der Waals surface area contributed by atoms with Crippen molar-refractivity contribution in [3.8, 4) is 17.5 Å². The van der Waals surface area contributed by atoms with E-state index in [0.717, 1.165) is 4.90 Å². The Hall–Kier alpha value is -4.88. The minimum atomic E-state index is -5.13. The van der Waals surface area contributed by atoms with E-state index in [9.17, 15) is 45.5 Å². The molecule has 1 aromatic carbocycles. The first-order chi connectivity index (χ1) is 28.0. The van der Waals surface area contributed by atoms with Crippen LogP contribution < -0.4 is 24.2 Å². The first-order valence-corrected chi connectivity index (χ1v) is 21.2. The molecule has 3 fully saturated rings. The summed E-state index contributed by atoms with van der Waals surface area (Å²) in [6, 6.07) is 3.12. The van der Waals surface area contributed by atoms with E-state index in [-0.39, 0.29) is 54.7 Å². The lowest BCUT2D eigenvalue weighted by molar-refractivity contribution is -0.222. The molecule has 4 amide bonds. The van der Waals surface area contributed by atoms with Gasteiger partial charge >= 0.3 is 12.3 Å². The summed E-state index contributed by atoms with van der Waals surface area (Å²) in [5, 5.41) is 14.2. The molecule has 3 N–H and O–H groups in total. The molecule has 2 saturated carbocycles. The summed E-state index contributed by atoms with van der Waals surface area (Å²) in [5.41, 5.74) is -4.93. The zero-order chi connectivity index (χ0) is 44.2. The number of benzene rings is 1. The highest BCUT2D eigenvalue weighted by Crippen LogP contribution is 2.48. The van der Waals surface area contributed by atoms with Crippen molar-refractivity contribution >= 4 is 44.6 Å². The fraction of sp³-hybridized carbons (Fsp3) is 0.625. The van der Waals surface area contributed by atoms with Crippen LogP contribution in [-0.2, 0) is 24.4 Å². The maximum atomic E-state index is 15.0. The van der Waals surface area contributed by atoms with Gasteiger partial charge in [0.05, 0.1) is 20.8 Å². The standard InChI is InChI=1S/C40H51F4N5O10S/c1-22-9-7-8-10-25-19-39(25,35(52)47-60(55,56)38(21-41)13-14-38)46-32(50)29-18-27(59-33-28-12-11-26(57-5)16-24(28)17-30(45-33)58-6)20-48(29)34(51)31(23(2)15-22)49(36(53)54)37(3,4)40(42,43)44/h8,10-12,16-17,22-23,25,27,29,31H,7,9,13-15,18-21H2,1-6H3,(H,46,50)(H,47,52)(H,53,54)/b10-8-/t22-,23+,25+,27+,29-,31-,39+/m0/s1. The number of sulfonamides is 1. The maximum absolute atomic E-state index is 15.0. The predicted octanol–water partition coefficient (Wildman–Crippen LogP) is 5.13. The highest BCUT2D eigenvalue weighted by atomic mass is 32.2. The number of carbonyl (C=O) groups is 4. The normalized spacial score (nSPS) is 28.9. The van der Waals surface area contributed by atoms with E-state index in [1.807, 2.05) is 11.6 Å². The number of carboxylic acid groups (broad SMARTS) is 1. The Morgan fingerprint density at radius 2 is 1.80 bits per heavy atom. The van der Waals surface area contributed by atoms with E-state index >= 15 is 4.79 Å². The van der Waals surface area contributed by atoms with Crippen molar-refractivity contribution in [3.63, 3.8) is 0 Å². The molecule has 2 aliphatic carbocycles. The largest absolute Gasteiger partial charge is 0.497 e. The van der Waals surface area contributed by atoms with Crippen LogP contribution in [0.3, 0.4) is 0 Å². The highest BCUT2D eigenvalue weighted by molar-refractivity contribution is 7.91. The van der Waals surface area contributed by atoms with Crippen molar-refractivity contribution in [1.82, 2.24) is 24.8 Å². The number of alkyl halides is 4. The van der Waals surface area contributed by atoms with Gasteiger partial charge in [0.2, 0.25) is 33.6 Å². The number of nitrogens with zero attached hydrogens (tertiary/aromatic N) is 3. The lowest BCUT2D eigenvalue weighted by atomic mass is 9.85. The van der Waals surface area contributed by atoms with Crippen LogP contribution in [0.4, 0.5) is 22.4 Å². The van der Waals surface area contributed by atoms with Crippen molar-refractivity contribution < 1.29 is 64.5 Å². The number of allylic oxidation sites excluding steroid dienone is 1. The number of aromatic nitrogens is 1. The SMILES string of the molecule is COc1ccc2c(O[C@@H]3C[C@H]4C(=O)N[C@]5(C(=O)NS(=O)(=O)C6(CF)CC6)C[C@H]5/C=C\CC[C@H](C)C[C@@H](C)[C@H](N(C(=O)O)C(C)(C)C(F)(F)F)C(=O)N4C3)nc(OC)cc2c1. The Bertz CT molecular complexity index is 2160. The molecule has 0 spiro atoms. The minimum Gasteiger partial charge on any atom is -0.497 e.